The molecular weight excluding hydrogens is 139 g/mol. The van der Waals surface area contributed by atoms with Crippen LogP contribution in [0.3, 0.4) is 0 Å². The van der Waals surface area contributed by atoms with Gasteiger partial charge in [0.15, 0.2) is 0 Å². The van der Waals surface area contributed by atoms with Gasteiger partial charge in [-0.3, -0.25) is 0 Å². The van der Waals surface area contributed by atoms with Crippen LogP contribution < -0.4 is 0 Å². The summed E-state index contributed by atoms with van der Waals surface area (Å²) in [6.45, 7) is 1.78. The van der Waals surface area contributed by atoms with Gasteiger partial charge in [0.2, 0.25) is 0 Å². The maximum absolute atomic E-state index is 9.28. The second-order valence-corrected chi connectivity index (χ2v) is 2.19. The van der Waals surface area contributed by atoms with Gasteiger partial charge in [0.05, 0.1) is 14.0 Å². The van der Waals surface area contributed by atoms with Crippen molar-refractivity contribution in [2.75, 3.05) is 6.61 Å². The Morgan fingerprint density at radius 3 is 2.73 bits per heavy atom. The van der Waals surface area contributed by atoms with Crippen LogP contribution in [-0.4, -0.2) is 30.8 Å². The first-order valence-electron chi connectivity index (χ1n) is 3.65. The van der Waals surface area contributed by atoms with E-state index >= 15 is 0 Å². The Bertz CT molecular complexity index is 159. The monoisotopic (exact) mass is 152 g/mol. The van der Waals surface area contributed by atoms with E-state index in [1.165, 1.54) is 0 Å². The average Bonchev–Trinajstić information content (AvgIpc) is 2.00. The van der Waals surface area contributed by atoms with Gasteiger partial charge in [0.1, 0.15) is 0 Å². The van der Waals surface area contributed by atoms with Crippen molar-refractivity contribution >= 4 is 7.85 Å². The van der Waals surface area contributed by atoms with E-state index in [2.05, 4.69) is 5.73 Å². The Morgan fingerprint density at radius 1 is 1.73 bits per heavy atom. The Labute approximate surface area is 68.7 Å². The Morgan fingerprint density at radius 2 is 2.36 bits per heavy atom. The molecule has 0 rings (SSSR count). The van der Waals surface area contributed by atoms with Crippen LogP contribution in [0.2, 0.25) is 6.32 Å². The second kappa shape index (κ2) is 6.23. The van der Waals surface area contributed by atoms with E-state index in [0.29, 0.717) is 12.0 Å². The summed E-state index contributed by atoms with van der Waals surface area (Å²) >= 11 is 0. The molecule has 0 bridgehead atoms. The molecule has 2 N–H and O–H groups in total. The predicted octanol–water partition coefficient (Wildman–Crippen LogP) is 0.418. The van der Waals surface area contributed by atoms with Gasteiger partial charge in [-0.05, 0) is 18.6 Å². The molecule has 0 aromatic carbocycles. The lowest BCUT2D eigenvalue weighted by molar-refractivity contribution is 0.161. The molecule has 2 radical (unpaired) electrons. The highest BCUT2D eigenvalue weighted by molar-refractivity contribution is 6.10. The SMILES string of the molecule is [B]CC(=C=CC)C(O)CCO. The van der Waals surface area contributed by atoms with E-state index in [9.17, 15) is 5.11 Å². The molecule has 3 heteroatoms. The van der Waals surface area contributed by atoms with Crippen LogP contribution in [0.15, 0.2) is 17.4 Å². The third kappa shape index (κ3) is 4.04. The van der Waals surface area contributed by atoms with Gasteiger partial charge in [-0.15, -0.1) is 5.73 Å². The summed E-state index contributed by atoms with van der Waals surface area (Å²) in [5.41, 5.74) is 3.46. The highest BCUT2D eigenvalue weighted by Crippen LogP contribution is 2.07. The zero-order valence-electron chi connectivity index (χ0n) is 6.75. The minimum absolute atomic E-state index is 0.0317. The molecule has 1 atom stereocenters. The maximum atomic E-state index is 9.28. The number of aliphatic hydroxyl groups is 2. The molecule has 0 aliphatic heterocycles. The molecule has 0 aliphatic carbocycles. The number of hydrogen-bond donors (Lipinski definition) is 2. The summed E-state index contributed by atoms with van der Waals surface area (Å²) < 4.78 is 0. The van der Waals surface area contributed by atoms with Crippen LogP contribution >= 0.6 is 0 Å². The van der Waals surface area contributed by atoms with Crippen LogP contribution in [0.25, 0.3) is 0 Å². The van der Waals surface area contributed by atoms with Crippen LogP contribution in [0.4, 0.5) is 0 Å². The van der Waals surface area contributed by atoms with E-state index in [1.54, 1.807) is 13.0 Å². The van der Waals surface area contributed by atoms with Crippen LogP contribution in [-0.2, 0) is 0 Å². The molecule has 0 saturated carbocycles. The van der Waals surface area contributed by atoms with Crippen molar-refractivity contribution < 1.29 is 10.2 Å². The summed E-state index contributed by atoms with van der Waals surface area (Å²) in [6, 6.07) is 0. The summed E-state index contributed by atoms with van der Waals surface area (Å²) in [7, 11) is 5.33. The van der Waals surface area contributed by atoms with Crippen molar-refractivity contribution in [1.82, 2.24) is 0 Å². The average molecular weight is 152 g/mol. The summed E-state index contributed by atoms with van der Waals surface area (Å²) in [6.07, 6.45) is 1.66. The van der Waals surface area contributed by atoms with Crippen LogP contribution in [0, 0.1) is 0 Å². The summed E-state index contributed by atoms with van der Waals surface area (Å²) in [5, 5.41) is 17.8. The van der Waals surface area contributed by atoms with Gasteiger partial charge >= 0.3 is 0 Å². The quantitative estimate of drug-likeness (QED) is 0.452. The molecule has 2 nitrogen and oxygen atoms in total. The number of aliphatic hydroxyl groups excluding tert-OH is 2. The first-order valence-corrected chi connectivity index (χ1v) is 3.65. The molecular formula is C8H13BO2. The van der Waals surface area contributed by atoms with Crippen molar-refractivity contribution in [3.8, 4) is 0 Å². The zero-order valence-corrected chi connectivity index (χ0v) is 6.75. The van der Waals surface area contributed by atoms with Crippen LogP contribution in [0.5, 0.6) is 0 Å². The lowest BCUT2D eigenvalue weighted by Crippen LogP contribution is -2.11. The first-order chi connectivity index (χ1) is 5.26. The molecule has 0 aromatic rings. The highest BCUT2D eigenvalue weighted by Gasteiger charge is 2.06. The molecule has 0 heterocycles. The zero-order chi connectivity index (χ0) is 8.69. The molecule has 11 heavy (non-hydrogen) atoms. The van der Waals surface area contributed by atoms with E-state index in [-0.39, 0.29) is 12.9 Å². The minimum Gasteiger partial charge on any atom is -0.396 e. The number of hydrogen-bond acceptors (Lipinski definition) is 2. The van der Waals surface area contributed by atoms with Gasteiger partial charge < -0.3 is 10.2 Å². The van der Waals surface area contributed by atoms with E-state index in [0.717, 1.165) is 0 Å². The maximum Gasteiger partial charge on any atom is 0.0838 e. The lowest BCUT2D eigenvalue weighted by Gasteiger charge is -2.08. The van der Waals surface area contributed by atoms with Gasteiger partial charge in [-0.2, -0.15) is 0 Å². The summed E-state index contributed by atoms with van der Waals surface area (Å²) in [4.78, 5) is 0. The number of rotatable bonds is 4. The Balaban J connectivity index is 4.14. The Hall–Kier alpha value is -0.495. The standard InChI is InChI=1S/C8H13BO2/c1-2-3-7(6-9)8(11)4-5-10/h2,8,10-11H,4-6H2,1H3. The van der Waals surface area contributed by atoms with Gasteiger partial charge in [-0.25, -0.2) is 0 Å². The van der Waals surface area contributed by atoms with E-state index in [1.807, 2.05) is 0 Å². The van der Waals surface area contributed by atoms with Crippen LogP contribution in [0.1, 0.15) is 13.3 Å². The van der Waals surface area contributed by atoms with Gasteiger partial charge in [0.25, 0.3) is 0 Å². The van der Waals surface area contributed by atoms with Gasteiger partial charge in [-0.1, -0.05) is 6.32 Å². The highest BCUT2D eigenvalue weighted by atomic mass is 16.3. The molecule has 0 saturated heterocycles. The Kier molecular flexibility index (Phi) is 5.95. The third-order valence-corrected chi connectivity index (χ3v) is 1.35. The smallest absolute Gasteiger partial charge is 0.0838 e. The molecule has 0 aliphatic rings. The molecule has 60 valence electrons. The fourth-order valence-corrected chi connectivity index (χ4v) is 0.773. The second-order valence-electron chi connectivity index (χ2n) is 2.19. The van der Waals surface area contributed by atoms with Gasteiger partial charge in [0, 0.05) is 13.0 Å². The predicted molar refractivity (Wildman–Crippen MR) is 45.5 cm³/mol. The fourth-order valence-electron chi connectivity index (χ4n) is 0.773. The largest absolute Gasteiger partial charge is 0.396 e. The first kappa shape index (κ1) is 10.5. The minimum atomic E-state index is -0.652. The summed E-state index contributed by atoms with van der Waals surface area (Å²) in [5.74, 6) is 0. The lowest BCUT2D eigenvalue weighted by atomic mass is 9.92. The molecule has 0 spiro atoms. The molecule has 0 fully saturated rings. The van der Waals surface area contributed by atoms with Crippen molar-refractivity contribution in [2.45, 2.75) is 25.8 Å². The van der Waals surface area contributed by atoms with E-state index in [4.69, 9.17) is 13.0 Å². The fraction of sp³-hybridized carbons (Fsp3) is 0.625. The molecule has 0 aromatic heterocycles. The molecule has 1 unspecified atom stereocenters. The third-order valence-electron chi connectivity index (χ3n) is 1.35. The van der Waals surface area contributed by atoms with Crippen molar-refractivity contribution in [3.63, 3.8) is 0 Å². The van der Waals surface area contributed by atoms with Crippen molar-refractivity contribution in [1.29, 1.82) is 0 Å². The topological polar surface area (TPSA) is 40.5 Å². The normalized spacial score (nSPS) is 11.9. The molecule has 0 amide bonds. The van der Waals surface area contributed by atoms with Crippen molar-refractivity contribution in [2.24, 2.45) is 0 Å². The van der Waals surface area contributed by atoms with Crippen molar-refractivity contribution in [3.05, 3.63) is 17.4 Å². The van der Waals surface area contributed by atoms with E-state index < -0.39 is 6.10 Å².